The summed E-state index contributed by atoms with van der Waals surface area (Å²) in [7, 11) is 0. The van der Waals surface area contributed by atoms with Gasteiger partial charge in [-0.25, -0.2) is 0 Å². The Kier molecular flexibility index (Phi) is 5.80. The van der Waals surface area contributed by atoms with E-state index in [1.165, 1.54) is 11.8 Å². The first kappa shape index (κ1) is 19.4. The van der Waals surface area contributed by atoms with E-state index in [1.54, 1.807) is 0 Å². The molecule has 27 heavy (non-hydrogen) atoms. The van der Waals surface area contributed by atoms with Gasteiger partial charge in [0, 0.05) is 22.7 Å². The lowest BCUT2D eigenvalue weighted by Crippen LogP contribution is -2.19. The first-order chi connectivity index (χ1) is 12.8. The Morgan fingerprint density at radius 3 is 2.52 bits per heavy atom. The van der Waals surface area contributed by atoms with Crippen molar-refractivity contribution in [3.05, 3.63) is 58.1 Å². The van der Waals surface area contributed by atoms with Gasteiger partial charge in [0.05, 0.1) is 17.9 Å². The second kappa shape index (κ2) is 8.09. The minimum atomic E-state index is -0.0415. The molecule has 0 bridgehead atoms. The van der Waals surface area contributed by atoms with Gasteiger partial charge in [0.15, 0.2) is 5.78 Å². The van der Waals surface area contributed by atoms with Crippen molar-refractivity contribution in [1.82, 2.24) is 0 Å². The topological polar surface area (TPSA) is 58.5 Å². The molecule has 0 spiro atoms. The number of nitrogens with zero attached hydrogens (tertiary/aromatic N) is 1. The number of nitrogens with one attached hydrogen (secondary N) is 1. The fourth-order valence-corrected chi connectivity index (χ4v) is 4.00. The summed E-state index contributed by atoms with van der Waals surface area (Å²) < 4.78 is 0. The van der Waals surface area contributed by atoms with Crippen LogP contribution in [0.15, 0.2) is 35.3 Å². The molecule has 0 unspecified atom stereocenters. The highest BCUT2D eigenvalue weighted by atomic mass is 32.2. The molecule has 0 aromatic heterocycles. The Morgan fingerprint density at radius 1 is 1.11 bits per heavy atom. The van der Waals surface area contributed by atoms with Gasteiger partial charge in [-0.1, -0.05) is 12.1 Å². The largest absolute Gasteiger partial charge is 0.325 e. The van der Waals surface area contributed by atoms with Crippen molar-refractivity contribution in [2.75, 3.05) is 16.8 Å². The van der Waals surface area contributed by atoms with Gasteiger partial charge in [0.1, 0.15) is 0 Å². The lowest BCUT2D eigenvalue weighted by Gasteiger charge is -2.17. The summed E-state index contributed by atoms with van der Waals surface area (Å²) >= 11 is 1.49. The first-order valence-electron chi connectivity index (χ1n) is 8.99. The third-order valence-electron chi connectivity index (χ3n) is 4.64. The van der Waals surface area contributed by atoms with Gasteiger partial charge in [-0.3, -0.25) is 14.6 Å². The highest BCUT2D eigenvalue weighted by molar-refractivity contribution is 8.00. The molecule has 5 heteroatoms. The van der Waals surface area contributed by atoms with Crippen molar-refractivity contribution in [2.24, 2.45) is 4.99 Å². The van der Waals surface area contributed by atoms with Gasteiger partial charge >= 0.3 is 0 Å². The predicted octanol–water partition coefficient (Wildman–Crippen LogP) is 4.95. The summed E-state index contributed by atoms with van der Waals surface area (Å²) in [5.41, 5.74) is 7.59. The number of hydrogen-bond acceptors (Lipinski definition) is 4. The van der Waals surface area contributed by atoms with Gasteiger partial charge in [0.25, 0.3) is 0 Å². The second-order valence-corrected chi connectivity index (χ2v) is 8.08. The maximum atomic E-state index is 12.4. The van der Waals surface area contributed by atoms with Crippen LogP contribution in [0, 0.1) is 27.7 Å². The zero-order valence-electron chi connectivity index (χ0n) is 16.2. The SMILES string of the molecule is Cc1cc(C)cc(NC(=O)CSCC2=Nc3c(ccc(C)c3C)C(=O)C2)c1. The van der Waals surface area contributed by atoms with Gasteiger partial charge in [-0.15, -0.1) is 11.8 Å². The number of amides is 1. The molecule has 1 aliphatic rings. The lowest BCUT2D eigenvalue weighted by atomic mass is 9.95. The highest BCUT2D eigenvalue weighted by Gasteiger charge is 2.22. The van der Waals surface area contributed by atoms with E-state index < -0.39 is 0 Å². The van der Waals surface area contributed by atoms with Gasteiger partial charge in [-0.05, 0) is 68.1 Å². The van der Waals surface area contributed by atoms with Crippen molar-refractivity contribution >= 4 is 40.5 Å². The number of carbonyl (C=O) groups excluding carboxylic acids is 2. The molecule has 2 aromatic rings. The molecule has 0 saturated heterocycles. The average molecular weight is 381 g/mol. The molecule has 0 aliphatic carbocycles. The van der Waals surface area contributed by atoms with E-state index in [4.69, 9.17) is 4.99 Å². The number of ketones is 1. The molecule has 1 amide bonds. The third kappa shape index (κ3) is 4.66. The van der Waals surface area contributed by atoms with Gasteiger partial charge in [-0.2, -0.15) is 0 Å². The van der Waals surface area contributed by atoms with Gasteiger partial charge in [0.2, 0.25) is 5.91 Å². The number of aliphatic imine (C=N–C) groups is 1. The van der Waals surface area contributed by atoms with E-state index in [-0.39, 0.29) is 11.7 Å². The van der Waals surface area contributed by atoms with Crippen molar-refractivity contribution in [3.8, 4) is 0 Å². The summed E-state index contributed by atoms with van der Waals surface area (Å²) in [5, 5.41) is 2.94. The molecule has 1 N–H and O–H groups in total. The van der Waals surface area contributed by atoms with Crippen LogP contribution in [-0.2, 0) is 4.79 Å². The molecule has 2 aromatic carbocycles. The van der Waals surface area contributed by atoms with Crippen molar-refractivity contribution in [3.63, 3.8) is 0 Å². The van der Waals surface area contributed by atoms with E-state index in [2.05, 4.69) is 11.4 Å². The predicted molar refractivity (Wildman–Crippen MR) is 114 cm³/mol. The fraction of sp³-hybridized carbons (Fsp3) is 0.318. The van der Waals surface area contributed by atoms with Crippen molar-refractivity contribution < 1.29 is 9.59 Å². The van der Waals surface area contributed by atoms with Crippen LogP contribution in [-0.4, -0.2) is 28.9 Å². The number of carbonyl (C=O) groups is 2. The summed E-state index contributed by atoms with van der Waals surface area (Å²) in [6.07, 6.45) is 0.335. The Labute approximate surface area is 164 Å². The molecule has 0 radical (unpaired) electrons. The van der Waals surface area contributed by atoms with Gasteiger partial charge < -0.3 is 5.32 Å². The van der Waals surface area contributed by atoms with Crippen LogP contribution < -0.4 is 5.32 Å². The van der Waals surface area contributed by atoms with E-state index in [0.717, 1.165) is 39.3 Å². The zero-order chi connectivity index (χ0) is 19.6. The maximum absolute atomic E-state index is 12.4. The van der Waals surface area contributed by atoms with Crippen LogP contribution in [0.4, 0.5) is 11.4 Å². The summed E-state index contributed by atoms with van der Waals surface area (Å²) in [6, 6.07) is 9.83. The Bertz CT molecular complexity index is 927. The number of thioether (sulfide) groups is 1. The van der Waals surface area contributed by atoms with Crippen molar-refractivity contribution in [1.29, 1.82) is 0 Å². The quantitative estimate of drug-likeness (QED) is 0.798. The molecule has 0 saturated carbocycles. The van der Waals surface area contributed by atoms with E-state index >= 15 is 0 Å². The lowest BCUT2D eigenvalue weighted by molar-refractivity contribution is -0.113. The van der Waals surface area contributed by atoms with Crippen LogP contribution in [0.1, 0.15) is 39.0 Å². The fourth-order valence-electron chi connectivity index (χ4n) is 3.24. The number of benzene rings is 2. The van der Waals surface area contributed by atoms with E-state index in [1.807, 2.05) is 52.0 Å². The molecular formula is C22H24N2O2S. The zero-order valence-corrected chi connectivity index (χ0v) is 17.0. The minimum Gasteiger partial charge on any atom is -0.325 e. The van der Waals surface area contributed by atoms with Crippen LogP contribution in [0.25, 0.3) is 0 Å². The molecule has 1 heterocycles. The number of anilines is 1. The normalized spacial score (nSPS) is 13.2. The minimum absolute atomic E-state index is 0.0415. The smallest absolute Gasteiger partial charge is 0.234 e. The average Bonchev–Trinajstić information content (AvgIpc) is 2.57. The van der Waals surface area contributed by atoms with Crippen LogP contribution in [0.2, 0.25) is 0 Å². The van der Waals surface area contributed by atoms with Crippen LogP contribution >= 0.6 is 11.8 Å². The third-order valence-corrected chi connectivity index (χ3v) is 5.65. The summed E-state index contributed by atoms with van der Waals surface area (Å²) in [6.45, 7) is 8.04. The van der Waals surface area contributed by atoms with E-state index in [0.29, 0.717) is 23.5 Å². The number of rotatable bonds is 5. The Morgan fingerprint density at radius 2 is 1.81 bits per heavy atom. The number of fused-ring (bicyclic) bond motifs is 1. The number of aryl methyl sites for hydroxylation is 3. The molecule has 0 atom stereocenters. The number of hydrogen-bond donors (Lipinski definition) is 1. The van der Waals surface area contributed by atoms with Crippen LogP contribution in [0.5, 0.6) is 0 Å². The van der Waals surface area contributed by atoms with Crippen LogP contribution in [0.3, 0.4) is 0 Å². The summed E-state index contributed by atoms with van der Waals surface area (Å²) in [5.74, 6) is 0.983. The maximum Gasteiger partial charge on any atom is 0.234 e. The molecule has 4 nitrogen and oxygen atoms in total. The Hall–Kier alpha value is -2.40. The highest BCUT2D eigenvalue weighted by Crippen LogP contribution is 2.32. The first-order valence-corrected chi connectivity index (χ1v) is 10.1. The standard InChI is InChI=1S/C22H24N2O2S/c1-13-7-14(2)9-17(8-13)23-21(26)12-27-11-18-10-20(25)19-6-5-15(3)16(4)22(19)24-18/h5-9H,10-12H2,1-4H3,(H,23,26). The Balaban J connectivity index is 1.60. The summed E-state index contributed by atoms with van der Waals surface area (Å²) in [4.78, 5) is 29.3. The van der Waals surface area contributed by atoms with Crippen molar-refractivity contribution in [2.45, 2.75) is 34.1 Å². The molecule has 140 valence electrons. The number of Topliss-reactive ketones (excluding diaryl/α,β-unsaturated/α-hetero) is 1. The second-order valence-electron chi connectivity index (χ2n) is 7.10. The molecular weight excluding hydrogens is 356 g/mol. The molecule has 0 fully saturated rings. The molecule has 1 aliphatic heterocycles. The monoisotopic (exact) mass is 380 g/mol. The molecule has 3 rings (SSSR count). The van der Waals surface area contributed by atoms with E-state index in [9.17, 15) is 9.59 Å².